The number of thioether (sulfide) groups is 1. The third kappa shape index (κ3) is 4.56. The maximum atomic E-state index is 13.7. The minimum atomic E-state index is -0.852. The zero-order valence-electron chi connectivity index (χ0n) is 18.9. The van der Waals surface area contributed by atoms with Crippen molar-refractivity contribution in [3.05, 3.63) is 76.6 Å². The Hall–Kier alpha value is -3.56. The molecule has 1 aromatic heterocycles. The lowest BCUT2D eigenvalue weighted by atomic mass is 9.95. The maximum Gasteiger partial charge on any atom is 0.277 e. The van der Waals surface area contributed by atoms with Crippen LogP contribution in [-0.4, -0.2) is 56.4 Å². The number of nitrogens with one attached hydrogen (secondary N) is 2. The number of Topliss-reactive ketones (excluding diaryl/α,β-unsaturated/α-hetero) is 1. The van der Waals surface area contributed by atoms with Gasteiger partial charge in [0.25, 0.3) is 11.5 Å². The number of benzene rings is 2. The Morgan fingerprint density at radius 3 is 2.31 bits per heavy atom. The number of rotatable bonds is 5. The van der Waals surface area contributed by atoms with E-state index in [0.717, 1.165) is 30.2 Å². The highest BCUT2D eigenvalue weighted by Crippen LogP contribution is 2.32. The number of aromatic nitrogens is 2. The Morgan fingerprint density at radius 1 is 0.971 bits per heavy atom. The van der Waals surface area contributed by atoms with Gasteiger partial charge in [-0.3, -0.25) is 24.1 Å². The fourth-order valence-corrected chi connectivity index (χ4v) is 5.62. The van der Waals surface area contributed by atoms with Crippen LogP contribution in [0.3, 0.4) is 0 Å². The molecule has 2 aromatic carbocycles. The SMILES string of the molecule is O=C(NC1CCCCN1C1C(=O)CSC1=O)c1c(-c2ccccc2)c(-c2ccccc2)n[nH]c1=O. The van der Waals surface area contributed by atoms with Gasteiger partial charge < -0.3 is 5.32 Å². The topological polar surface area (TPSA) is 112 Å². The Kier molecular flexibility index (Phi) is 6.61. The Balaban J connectivity index is 1.56. The van der Waals surface area contributed by atoms with Crippen LogP contribution in [0.1, 0.15) is 29.6 Å². The number of amides is 1. The molecule has 3 heterocycles. The molecule has 2 aliphatic rings. The van der Waals surface area contributed by atoms with Crippen molar-refractivity contribution in [2.75, 3.05) is 12.3 Å². The van der Waals surface area contributed by atoms with Crippen LogP contribution in [0, 0.1) is 0 Å². The number of hydrogen-bond donors (Lipinski definition) is 2. The minimum Gasteiger partial charge on any atom is -0.336 e. The second-order valence-corrected chi connectivity index (χ2v) is 9.56. The van der Waals surface area contributed by atoms with Crippen LogP contribution in [0.15, 0.2) is 65.5 Å². The number of piperidine rings is 1. The van der Waals surface area contributed by atoms with Gasteiger partial charge in [0.1, 0.15) is 11.6 Å². The smallest absolute Gasteiger partial charge is 0.277 e. The van der Waals surface area contributed by atoms with Crippen LogP contribution < -0.4 is 10.9 Å². The van der Waals surface area contributed by atoms with Crippen LogP contribution in [0.5, 0.6) is 0 Å². The Bertz CT molecular complexity index is 1310. The van der Waals surface area contributed by atoms with E-state index in [4.69, 9.17) is 0 Å². The monoisotopic (exact) mass is 488 g/mol. The highest BCUT2D eigenvalue weighted by molar-refractivity contribution is 8.15. The molecule has 0 saturated carbocycles. The van der Waals surface area contributed by atoms with Gasteiger partial charge in [0.05, 0.1) is 17.6 Å². The van der Waals surface area contributed by atoms with Crippen LogP contribution in [-0.2, 0) is 9.59 Å². The number of likely N-dealkylation sites (tertiary alicyclic amines) is 1. The lowest BCUT2D eigenvalue weighted by Crippen LogP contribution is -2.58. The molecule has 2 unspecified atom stereocenters. The van der Waals surface area contributed by atoms with Gasteiger partial charge in [-0.15, -0.1) is 0 Å². The summed E-state index contributed by atoms with van der Waals surface area (Å²) in [6.45, 7) is 0.529. The molecule has 5 rings (SSSR count). The first-order chi connectivity index (χ1) is 17.0. The van der Waals surface area contributed by atoms with Crippen LogP contribution in [0.2, 0.25) is 0 Å². The molecule has 0 bridgehead atoms. The summed E-state index contributed by atoms with van der Waals surface area (Å²) in [5.74, 6) is -0.546. The molecule has 1 amide bonds. The van der Waals surface area contributed by atoms with Crippen molar-refractivity contribution in [3.8, 4) is 22.4 Å². The van der Waals surface area contributed by atoms with Crippen molar-refractivity contribution in [2.45, 2.75) is 31.5 Å². The van der Waals surface area contributed by atoms with Crippen molar-refractivity contribution < 1.29 is 14.4 Å². The molecule has 0 aliphatic carbocycles. The number of hydrogen-bond acceptors (Lipinski definition) is 7. The van der Waals surface area contributed by atoms with Gasteiger partial charge in [-0.1, -0.05) is 72.4 Å². The molecule has 2 N–H and O–H groups in total. The molecule has 2 fully saturated rings. The molecular weight excluding hydrogens is 464 g/mol. The molecule has 35 heavy (non-hydrogen) atoms. The summed E-state index contributed by atoms with van der Waals surface area (Å²) < 4.78 is 0. The van der Waals surface area contributed by atoms with E-state index in [-0.39, 0.29) is 22.2 Å². The number of nitrogens with zero attached hydrogens (tertiary/aromatic N) is 2. The number of H-pyrrole nitrogens is 1. The van der Waals surface area contributed by atoms with Crippen molar-refractivity contribution in [2.24, 2.45) is 0 Å². The summed E-state index contributed by atoms with van der Waals surface area (Å²) in [6, 6.07) is 17.7. The van der Waals surface area contributed by atoms with Gasteiger partial charge in [0, 0.05) is 17.7 Å². The van der Waals surface area contributed by atoms with E-state index in [2.05, 4.69) is 15.5 Å². The average Bonchev–Trinajstić information content (AvgIpc) is 3.22. The van der Waals surface area contributed by atoms with Gasteiger partial charge >= 0.3 is 0 Å². The lowest BCUT2D eigenvalue weighted by Gasteiger charge is -2.38. The highest BCUT2D eigenvalue weighted by atomic mass is 32.2. The first-order valence-corrected chi connectivity index (χ1v) is 12.5. The highest BCUT2D eigenvalue weighted by Gasteiger charge is 2.43. The minimum absolute atomic E-state index is 0.0472. The Labute approximate surface area is 206 Å². The van der Waals surface area contributed by atoms with Crippen molar-refractivity contribution >= 4 is 28.6 Å². The second-order valence-electron chi connectivity index (χ2n) is 8.58. The van der Waals surface area contributed by atoms with Gasteiger partial charge in [-0.25, -0.2) is 5.10 Å². The summed E-state index contributed by atoms with van der Waals surface area (Å²) in [5.41, 5.74) is 1.72. The third-order valence-corrected chi connectivity index (χ3v) is 7.31. The number of carbonyl (C=O) groups is 3. The average molecular weight is 489 g/mol. The second kappa shape index (κ2) is 9.97. The quantitative estimate of drug-likeness (QED) is 0.531. The standard InChI is InChI=1S/C26H24N4O4S/c31-18-15-35-26(34)23(18)30-14-8-7-13-19(30)27-24(32)21-20(16-9-3-1-4-10-16)22(28-29-25(21)33)17-11-5-2-6-12-17/h1-6,9-12,19,23H,7-8,13-15H2,(H,27,32)(H,29,33). The number of ketones is 1. The molecule has 2 saturated heterocycles. The van der Waals surface area contributed by atoms with E-state index in [1.165, 1.54) is 0 Å². The molecule has 9 heteroatoms. The molecule has 0 radical (unpaired) electrons. The molecule has 2 aliphatic heterocycles. The zero-order valence-corrected chi connectivity index (χ0v) is 19.7. The first kappa shape index (κ1) is 23.2. The van der Waals surface area contributed by atoms with E-state index < -0.39 is 23.7 Å². The number of carbonyl (C=O) groups excluding carboxylic acids is 3. The van der Waals surface area contributed by atoms with E-state index in [0.29, 0.717) is 29.8 Å². The van der Waals surface area contributed by atoms with Crippen molar-refractivity contribution in [1.29, 1.82) is 0 Å². The van der Waals surface area contributed by atoms with E-state index >= 15 is 0 Å². The largest absolute Gasteiger partial charge is 0.336 e. The predicted octanol–water partition coefficient (Wildman–Crippen LogP) is 2.86. The van der Waals surface area contributed by atoms with Crippen LogP contribution in [0.4, 0.5) is 0 Å². The molecule has 3 aromatic rings. The summed E-state index contributed by atoms with van der Waals surface area (Å²) >= 11 is 1.02. The molecule has 2 atom stereocenters. The van der Waals surface area contributed by atoms with Crippen molar-refractivity contribution in [3.63, 3.8) is 0 Å². The lowest BCUT2D eigenvalue weighted by molar-refractivity contribution is -0.129. The maximum absolute atomic E-state index is 13.7. The molecular formula is C26H24N4O4S. The van der Waals surface area contributed by atoms with Crippen LogP contribution >= 0.6 is 11.8 Å². The van der Waals surface area contributed by atoms with E-state index in [1.807, 2.05) is 60.7 Å². The predicted molar refractivity (Wildman–Crippen MR) is 134 cm³/mol. The van der Waals surface area contributed by atoms with E-state index in [9.17, 15) is 19.2 Å². The first-order valence-electron chi connectivity index (χ1n) is 11.5. The zero-order chi connectivity index (χ0) is 24.4. The summed E-state index contributed by atoms with van der Waals surface area (Å²) in [4.78, 5) is 53.3. The van der Waals surface area contributed by atoms with Gasteiger partial charge in [-0.2, -0.15) is 5.10 Å². The molecule has 178 valence electrons. The van der Waals surface area contributed by atoms with Crippen LogP contribution in [0.25, 0.3) is 22.4 Å². The van der Waals surface area contributed by atoms with E-state index in [1.54, 1.807) is 4.90 Å². The van der Waals surface area contributed by atoms with Gasteiger partial charge in [0.15, 0.2) is 5.78 Å². The summed E-state index contributed by atoms with van der Waals surface area (Å²) in [7, 11) is 0. The summed E-state index contributed by atoms with van der Waals surface area (Å²) in [6.07, 6.45) is 1.74. The normalized spacial score (nSPS) is 20.7. The molecule has 8 nitrogen and oxygen atoms in total. The summed E-state index contributed by atoms with van der Waals surface area (Å²) in [5, 5.41) is 9.55. The number of aromatic amines is 1. The Morgan fingerprint density at radius 2 is 1.66 bits per heavy atom. The van der Waals surface area contributed by atoms with Gasteiger partial charge in [-0.05, 0) is 24.8 Å². The fourth-order valence-electron chi connectivity index (χ4n) is 4.75. The molecule has 0 spiro atoms. The van der Waals surface area contributed by atoms with Crippen molar-refractivity contribution in [1.82, 2.24) is 20.4 Å². The third-order valence-electron chi connectivity index (χ3n) is 6.38. The fraction of sp³-hybridized carbons (Fsp3) is 0.269. The van der Waals surface area contributed by atoms with Gasteiger partial charge in [0.2, 0.25) is 5.12 Å².